The van der Waals surface area contributed by atoms with Gasteiger partial charge in [-0.3, -0.25) is 0 Å². The first-order valence-corrected chi connectivity index (χ1v) is 0. The summed E-state index contributed by atoms with van der Waals surface area (Å²) in [5, 5.41) is 0. The molecule has 0 saturated carbocycles. The Labute approximate surface area is 350 Å². The summed E-state index contributed by atoms with van der Waals surface area (Å²) < 4.78 is 0. The predicted molar refractivity (Wildman–Crippen MR) is 37.0 cm³/mol. The summed E-state index contributed by atoms with van der Waals surface area (Å²) in [7, 11) is 0. The molecule has 0 atom stereocenters. The Balaban J connectivity index is 0. The van der Waals surface area contributed by atoms with Gasteiger partial charge in [-0.2, -0.15) is 0 Å². The Morgan fingerprint density at radius 3 is 0.190 bits per heavy atom. The van der Waals surface area contributed by atoms with Crippen molar-refractivity contribution in [1.29, 1.82) is 0 Å². The number of halogens is 1. The van der Waals surface area contributed by atoms with Crippen molar-refractivity contribution in [2.45, 2.75) is 0 Å². The molecule has 3 radical (unpaired) electrons. The van der Waals surface area contributed by atoms with Crippen LogP contribution in [0.3, 0.4) is 0 Å². The molecule has 0 N–H and O–H groups in total. The van der Waals surface area contributed by atoms with Gasteiger partial charge in [-0.25, -0.2) is 0 Å². The van der Waals surface area contributed by atoms with Crippen LogP contribution in [-0.4, -0.2) is 227 Å². The molecule has 0 rings (SSSR count). The van der Waals surface area contributed by atoms with Gasteiger partial charge in [0.2, 0.25) is 0 Å². The van der Waals surface area contributed by atoms with E-state index in [0.717, 1.165) is 0 Å². The van der Waals surface area contributed by atoms with Gasteiger partial charge >= 0.3 is 227 Å². The number of hydrogen-bond donors (Lipinski definition) is 0. The Morgan fingerprint density at radius 1 is 0.190 bits per heavy atom. The van der Waals surface area contributed by atoms with Crippen molar-refractivity contribution >= 4 is 227 Å². The third-order valence-electron chi connectivity index (χ3n) is 0. The van der Waals surface area contributed by atoms with E-state index in [1.165, 1.54) is 0 Å². The van der Waals surface area contributed by atoms with Crippen LogP contribution in [0.1, 0.15) is 0 Å². The van der Waals surface area contributed by atoms with Crippen molar-refractivity contribution in [3.8, 4) is 0 Å². The molecule has 119 valence electrons. The molecule has 0 aliphatic rings. The monoisotopic (exact) mass is 819 g/mol. The van der Waals surface area contributed by atoms with Gasteiger partial charge < -0.3 is 78.1 Å². The average Bonchev–Trinajstić information content (AvgIpc) is 0. The van der Waals surface area contributed by atoms with Gasteiger partial charge in [0, 0.05) is 55.7 Å². The summed E-state index contributed by atoms with van der Waals surface area (Å²) >= 11 is 0. The Bertz CT molecular complexity index is 32.9. The normalized spacial score (nSPS) is 0. The smallest absolute Gasteiger partial charge is 2.00 e. The Kier molecular flexibility index (Phi) is 4200. The third-order valence-corrected chi connectivity index (χ3v) is 0. The molecule has 0 fully saturated rings. The van der Waals surface area contributed by atoms with E-state index in [1.807, 2.05) is 0 Å². The van der Waals surface area contributed by atoms with E-state index in [4.69, 9.17) is 0 Å². The second-order valence-corrected chi connectivity index (χ2v) is 0. The molecule has 0 aliphatic heterocycles. The topological polar surface area (TPSA) is 342 Å². The maximum Gasteiger partial charge on any atom is 2.00 e. The van der Waals surface area contributed by atoms with Crippen molar-refractivity contribution in [3.63, 3.8) is 0 Å². The molecule has 21 heavy (non-hydrogen) atoms. The van der Waals surface area contributed by atoms with Crippen LogP contribution in [-0.2, 0) is 121 Å². The van der Waals surface area contributed by atoms with E-state index in [2.05, 4.69) is 0 Å². The van der Waals surface area contributed by atoms with Gasteiger partial charge in [0.25, 0.3) is 0 Å². The fraction of sp³-hybridized carbons (Fsp3) is 0. The summed E-state index contributed by atoms with van der Waals surface area (Å²) in [6.45, 7) is 0. The molecule has 0 bridgehead atoms. The second kappa shape index (κ2) is 282. The minimum Gasteiger partial charge on any atom is -2.00 e. The number of hydrogen-bond acceptors (Lipinski definition) is 0. The van der Waals surface area contributed by atoms with E-state index >= 15 is 0 Å². The summed E-state index contributed by atoms with van der Waals surface area (Å²) in [5.74, 6) is 0. The van der Waals surface area contributed by atoms with Gasteiger partial charge in [0.1, 0.15) is 0 Å². The molecule has 0 amide bonds. The Morgan fingerprint density at radius 2 is 0.190 bits per heavy atom. The number of rotatable bonds is 0. The molecule has 0 aromatic carbocycles. The average molecular weight is 818 g/mol. The van der Waals surface area contributed by atoms with Crippen LogP contribution in [0.25, 0.3) is 0 Å². The largest absolute Gasteiger partial charge is 2.00 e. The summed E-state index contributed by atoms with van der Waals surface area (Å²) in [5.41, 5.74) is 0. The van der Waals surface area contributed by atoms with Crippen molar-refractivity contribution < 1.29 is 134 Å². The minimum absolute atomic E-state index is 0. The molecule has 0 aromatic heterocycles. The SMILES string of the molecule is [Cl-].[O-2].[O-2].[O-2].[O-2].[O-2].[O-2].[O-2].[O-2].[O-2].[O-2].[O-2].[O-2].[Sr+2].[Sr+2].[Sr+2].[Sr+2].[Sr+2].[V].[V].[V]. The van der Waals surface area contributed by atoms with E-state index in [1.54, 1.807) is 0 Å². The predicted octanol–water partition coefficient (Wildman–Crippen LogP) is -6.33. The van der Waals surface area contributed by atoms with Crippen LogP contribution in [0.4, 0.5) is 0 Å². The molecule has 0 heterocycles. The molecule has 21 heteroatoms. The van der Waals surface area contributed by atoms with Crippen LogP contribution < -0.4 is 12.4 Å². The molecule has 12 nitrogen and oxygen atoms in total. The van der Waals surface area contributed by atoms with Gasteiger partial charge in [0.05, 0.1) is 0 Å². The third kappa shape index (κ3) is 262. The van der Waals surface area contributed by atoms with E-state index in [9.17, 15) is 0 Å². The summed E-state index contributed by atoms with van der Waals surface area (Å²) in [6, 6.07) is 0. The molecular weight excluding hydrogens is 818 g/mol. The quantitative estimate of drug-likeness (QED) is 0.206. The summed E-state index contributed by atoms with van der Waals surface area (Å²) in [4.78, 5) is 0. The van der Waals surface area contributed by atoms with Gasteiger partial charge in [-0.1, -0.05) is 0 Å². The fourth-order valence-corrected chi connectivity index (χ4v) is 0. The van der Waals surface area contributed by atoms with Gasteiger partial charge in [-0.15, -0.1) is 0 Å². The maximum absolute atomic E-state index is 0. The first kappa shape index (κ1) is 313. The molecule has 0 aliphatic carbocycles. The molecule has 0 unspecified atom stereocenters. The molecule has 0 aromatic rings. The zero-order valence-corrected chi connectivity index (χ0v) is 32.5. The van der Waals surface area contributed by atoms with Gasteiger partial charge in [0.15, 0.2) is 0 Å². The van der Waals surface area contributed by atoms with Crippen molar-refractivity contribution in [3.05, 3.63) is 0 Å². The van der Waals surface area contributed by atoms with E-state index in [-0.39, 0.29) is 361 Å². The second-order valence-electron chi connectivity index (χ2n) is 0. The maximum atomic E-state index is 0. The van der Waals surface area contributed by atoms with Crippen molar-refractivity contribution in [2.24, 2.45) is 0 Å². The minimum atomic E-state index is 0. The molecule has 0 saturated heterocycles. The first-order chi connectivity index (χ1) is 0. The van der Waals surface area contributed by atoms with Crippen LogP contribution in [0.15, 0.2) is 0 Å². The van der Waals surface area contributed by atoms with E-state index < -0.39 is 0 Å². The van der Waals surface area contributed by atoms with E-state index in [0.29, 0.717) is 0 Å². The van der Waals surface area contributed by atoms with Crippen LogP contribution >= 0.6 is 0 Å². The molecule has 0 spiro atoms. The van der Waals surface area contributed by atoms with Crippen molar-refractivity contribution in [2.75, 3.05) is 0 Å². The summed E-state index contributed by atoms with van der Waals surface area (Å²) in [6.07, 6.45) is 0. The zero-order valence-electron chi connectivity index (χ0n) is 10.2. The van der Waals surface area contributed by atoms with Crippen LogP contribution in [0, 0.1) is 0 Å². The van der Waals surface area contributed by atoms with Crippen molar-refractivity contribution in [1.82, 2.24) is 0 Å². The molecular formula is ClO12Sr5V3-15. The van der Waals surface area contributed by atoms with Gasteiger partial charge in [-0.05, 0) is 0 Å². The van der Waals surface area contributed by atoms with Crippen LogP contribution in [0.2, 0.25) is 0 Å². The van der Waals surface area contributed by atoms with Crippen LogP contribution in [0.5, 0.6) is 0 Å². The first-order valence-electron chi connectivity index (χ1n) is 0. The zero-order chi connectivity index (χ0) is 0. The fourth-order valence-electron chi connectivity index (χ4n) is 0. The Hall–Kier alpha value is 8.97. The standard InChI is InChI=1S/ClH.12O.5Sr.3V/h1H;;;;;;;;;;;;;;;;;;;;/q;12*-2;5*+2;;;/p-1.